The Kier molecular flexibility index (Phi) is 7.10. The Balaban J connectivity index is 1.79. The van der Waals surface area contributed by atoms with Gasteiger partial charge in [0.15, 0.2) is 6.10 Å². The molecule has 1 fully saturated rings. The van der Waals surface area contributed by atoms with Crippen LogP contribution >= 0.6 is 0 Å². The highest BCUT2D eigenvalue weighted by molar-refractivity contribution is 5.80. The van der Waals surface area contributed by atoms with Crippen molar-refractivity contribution in [3.63, 3.8) is 0 Å². The maximum Gasteiger partial charge on any atom is 0.260 e. The van der Waals surface area contributed by atoms with Gasteiger partial charge >= 0.3 is 0 Å². The minimum absolute atomic E-state index is 0.0346. The van der Waals surface area contributed by atoms with E-state index in [0.717, 1.165) is 29.8 Å². The van der Waals surface area contributed by atoms with E-state index in [1.54, 1.807) is 0 Å². The molecule has 0 aromatic heterocycles. The van der Waals surface area contributed by atoms with Crippen LogP contribution in [0.2, 0.25) is 0 Å². The second-order valence-electron chi connectivity index (χ2n) is 7.15. The number of amides is 1. The van der Waals surface area contributed by atoms with Gasteiger partial charge in [-0.1, -0.05) is 26.0 Å². The smallest absolute Gasteiger partial charge is 0.260 e. The summed E-state index contributed by atoms with van der Waals surface area (Å²) in [4.78, 5) is 14.7. The summed E-state index contributed by atoms with van der Waals surface area (Å²) in [5, 5.41) is 3.00. The zero-order valence-corrected chi connectivity index (χ0v) is 15.6. The summed E-state index contributed by atoms with van der Waals surface area (Å²) >= 11 is 0. The van der Waals surface area contributed by atoms with E-state index in [2.05, 4.69) is 36.2 Å². The van der Waals surface area contributed by atoms with Crippen molar-refractivity contribution < 1.29 is 9.53 Å². The normalized spacial score (nSPS) is 16.4. The molecule has 2 rings (SSSR count). The number of aryl methyl sites for hydroxylation is 1. The van der Waals surface area contributed by atoms with Crippen LogP contribution in [-0.4, -0.2) is 43.1 Å². The molecular weight excluding hydrogens is 300 g/mol. The van der Waals surface area contributed by atoms with Crippen molar-refractivity contribution in [3.8, 4) is 5.75 Å². The van der Waals surface area contributed by atoms with Crippen LogP contribution in [0.3, 0.4) is 0 Å². The van der Waals surface area contributed by atoms with Crippen LogP contribution < -0.4 is 10.1 Å². The highest BCUT2D eigenvalue weighted by Gasteiger charge is 2.17. The molecule has 24 heavy (non-hydrogen) atoms. The summed E-state index contributed by atoms with van der Waals surface area (Å²) in [5.41, 5.74) is 2.29. The lowest BCUT2D eigenvalue weighted by Crippen LogP contribution is -2.38. The summed E-state index contributed by atoms with van der Waals surface area (Å²) in [6.45, 7) is 12.3. The van der Waals surface area contributed by atoms with Crippen LogP contribution in [0.4, 0.5) is 0 Å². The van der Waals surface area contributed by atoms with Gasteiger partial charge in [0.1, 0.15) is 5.75 Å². The topological polar surface area (TPSA) is 41.6 Å². The van der Waals surface area contributed by atoms with Crippen LogP contribution in [0.15, 0.2) is 18.2 Å². The van der Waals surface area contributed by atoms with Gasteiger partial charge in [-0.2, -0.15) is 0 Å². The van der Waals surface area contributed by atoms with Crippen molar-refractivity contribution in [2.24, 2.45) is 0 Å². The highest BCUT2D eigenvalue weighted by Crippen LogP contribution is 2.28. The molecule has 0 bridgehead atoms. The fraction of sp³-hybridized carbons (Fsp3) is 0.650. The predicted octanol–water partition coefficient (Wildman–Crippen LogP) is 3.49. The predicted molar refractivity (Wildman–Crippen MR) is 98.7 cm³/mol. The van der Waals surface area contributed by atoms with Gasteiger partial charge in [-0.3, -0.25) is 4.79 Å². The van der Waals surface area contributed by atoms with Crippen molar-refractivity contribution in [2.45, 2.75) is 59.0 Å². The molecule has 0 saturated carbocycles. The average Bonchev–Trinajstić information content (AvgIpc) is 3.04. The van der Waals surface area contributed by atoms with Crippen molar-refractivity contribution >= 4 is 5.91 Å². The summed E-state index contributed by atoms with van der Waals surface area (Å²) < 4.78 is 5.96. The third kappa shape index (κ3) is 5.52. The van der Waals surface area contributed by atoms with E-state index in [1.165, 1.54) is 25.9 Å². The highest BCUT2D eigenvalue weighted by atomic mass is 16.5. The maximum absolute atomic E-state index is 12.3. The maximum atomic E-state index is 12.3. The molecule has 0 radical (unpaired) electrons. The summed E-state index contributed by atoms with van der Waals surface area (Å²) in [6, 6.07) is 6.20. The van der Waals surface area contributed by atoms with Gasteiger partial charge < -0.3 is 15.0 Å². The minimum atomic E-state index is -0.476. The molecule has 1 atom stereocenters. The molecule has 1 aromatic rings. The molecule has 1 heterocycles. The third-order valence-corrected chi connectivity index (χ3v) is 4.61. The number of hydrogen-bond donors (Lipinski definition) is 1. The molecule has 1 N–H and O–H groups in total. The zero-order chi connectivity index (χ0) is 17.5. The first-order valence-electron chi connectivity index (χ1n) is 9.24. The molecule has 0 spiro atoms. The van der Waals surface area contributed by atoms with Crippen molar-refractivity contribution in [3.05, 3.63) is 29.3 Å². The number of carbonyl (C=O) groups is 1. The largest absolute Gasteiger partial charge is 0.481 e. The Morgan fingerprint density at radius 1 is 1.25 bits per heavy atom. The molecule has 4 nitrogen and oxygen atoms in total. The van der Waals surface area contributed by atoms with Crippen molar-refractivity contribution in [1.29, 1.82) is 0 Å². The number of hydrogen-bond acceptors (Lipinski definition) is 3. The van der Waals surface area contributed by atoms with Crippen molar-refractivity contribution in [2.75, 3.05) is 26.2 Å². The Labute approximate surface area is 146 Å². The summed E-state index contributed by atoms with van der Waals surface area (Å²) in [5.74, 6) is 1.16. The number of rotatable bonds is 8. The molecule has 1 aliphatic rings. The average molecular weight is 332 g/mol. The molecular formula is C20H32N2O2. The Hall–Kier alpha value is -1.55. The molecule has 1 aromatic carbocycles. The number of benzene rings is 1. The van der Waals surface area contributed by atoms with Gasteiger partial charge in [0.05, 0.1) is 0 Å². The minimum Gasteiger partial charge on any atom is -0.481 e. The second-order valence-corrected chi connectivity index (χ2v) is 7.15. The molecule has 0 aliphatic carbocycles. The van der Waals surface area contributed by atoms with E-state index >= 15 is 0 Å². The van der Waals surface area contributed by atoms with Crippen molar-refractivity contribution in [1.82, 2.24) is 10.2 Å². The quantitative estimate of drug-likeness (QED) is 0.741. The van der Waals surface area contributed by atoms with Crippen LogP contribution in [-0.2, 0) is 4.79 Å². The molecule has 1 saturated heterocycles. The lowest BCUT2D eigenvalue weighted by molar-refractivity contribution is -0.127. The zero-order valence-electron chi connectivity index (χ0n) is 15.6. The standard InChI is InChI=1S/C20H32N2O2/c1-15(2)18-9-8-16(3)14-19(18)24-17(4)20(23)21-10-7-13-22-11-5-6-12-22/h8-9,14-15,17H,5-7,10-13H2,1-4H3,(H,21,23). The number of nitrogens with zero attached hydrogens (tertiary/aromatic N) is 1. The lowest BCUT2D eigenvalue weighted by atomic mass is 10.0. The Bertz CT molecular complexity index is 536. The summed E-state index contributed by atoms with van der Waals surface area (Å²) in [6.07, 6.45) is 3.15. The van der Waals surface area contributed by atoms with Gasteiger partial charge in [0, 0.05) is 6.54 Å². The monoisotopic (exact) mass is 332 g/mol. The van der Waals surface area contributed by atoms with Gasteiger partial charge in [0.25, 0.3) is 5.91 Å². The SMILES string of the molecule is Cc1ccc(C(C)C)c(OC(C)C(=O)NCCCN2CCCC2)c1. The van der Waals surface area contributed by atoms with Crippen LogP contribution in [0, 0.1) is 6.92 Å². The van der Waals surface area contributed by atoms with E-state index in [1.807, 2.05) is 19.9 Å². The van der Waals surface area contributed by atoms with Crippen LogP contribution in [0.25, 0.3) is 0 Å². The second kappa shape index (κ2) is 9.07. The number of ether oxygens (including phenoxy) is 1. The summed E-state index contributed by atoms with van der Waals surface area (Å²) in [7, 11) is 0. The molecule has 134 valence electrons. The van der Waals surface area contributed by atoms with E-state index in [4.69, 9.17) is 4.74 Å². The van der Waals surface area contributed by atoms with E-state index in [-0.39, 0.29) is 5.91 Å². The number of carbonyl (C=O) groups excluding carboxylic acids is 1. The fourth-order valence-electron chi connectivity index (χ4n) is 3.13. The lowest BCUT2D eigenvalue weighted by Gasteiger charge is -2.20. The van der Waals surface area contributed by atoms with E-state index in [9.17, 15) is 4.79 Å². The van der Waals surface area contributed by atoms with Gasteiger partial charge in [-0.05, 0) is 75.9 Å². The van der Waals surface area contributed by atoms with Gasteiger partial charge in [-0.25, -0.2) is 0 Å². The number of likely N-dealkylation sites (tertiary alicyclic amines) is 1. The molecule has 4 heteroatoms. The third-order valence-electron chi connectivity index (χ3n) is 4.61. The van der Waals surface area contributed by atoms with Gasteiger partial charge in [-0.15, -0.1) is 0 Å². The fourth-order valence-corrected chi connectivity index (χ4v) is 3.13. The van der Waals surface area contributed by atoms with E-state index < -0.39 is 6.10 Å². The first-order chi connectivity index (χ1) is 11.5. The van der Waals surface area contributed by atoms with Crippen LogP contribution in [0.1, 0.15) is 57.1 Å². The van der Waals surface area contributed by atoms with Gasteiger partial charge in [0.2, 0.25) is 0 Å². The molecule has 1 amide bonds. The number of nitrogens with one attached hydrogen (secondary N) is 1. The first-order valence-corrected chi connectivity index (χ1v) is 9.24. The molecule has 1 aliphatic heterocycles. The Morgan fingerprint density at radius 2 is 1.96 bits per heavy atom. The first kappa shape index (κ1) is 18.8. The van der Waals surface area contributed by atoms with Crippen LogP contribution in [0.5, 0.6) is 5.75 Å². The van der Waals surface area contributed by atoms with E-state index in [0.29, 0.717) is 12.5 Å². The Morgan fingerprint density at radius 3 is 2.62 bits per heavy atom. The molecule has 1 unspecified atom stereocenters.